The highest BCUT2D eigenvalue weighted by molar-refractivity contribution is 7.22. The molecule has 2 aromatic carbocycles. The third-order valence-corrected chi connectivity index (χ3v) is 6.01. The lowest BCUT2D eigenvalue weighted by atomic mass is 9.91. The summed E-state index contributed by atoms with van der Waals surface area (Å²) in [7, 11) is 0. The smallest absolute Gasteiger partial charge is 0.319 e. The van der Waals surface area contributed by atoms with Crippen LogP contribution < -0.4 is 10.6 Å². The van der Waals surface area contributed by atoms with Crippen molar-refractivity contribution in [2.75, 3.05) is 11.9 Å². The zero-order valence-electron chi connectivity index (χ0n) is 16.3. The first-order valence-electron chi connectivity index (χ1n) is 9.15. The van der Waals surface area contributed by atoms with E-state index in [1.807, 2.05) is 44.2 Å². The van der Waals surface area contributed by atoms with Crippen LogP contribution in [0.4, 0.5) is 9.93 Å². The minimum absolute atomic E-state index is 0.374. The Morgan fingerprint density at radius 1 is 1.17 bits per heavy atom. The monoisotopic (exact) mass is 408 g/mol. The number of hydrogen-bond donors (Lipinski definition) is 2. The molecule has 8 heteroatoms. The van der Waals surface area contributed by atoms with E-state index in [0.29, 0.717) is 10.7 Å². The van der Waals surface area contributed by atoms with E-state index in [-0.39, 0.29) is 6.54 Å². The number of thiazole rings is 1. The standard InChI is InChI=1S/C21H20N4O3S/c1-12-7-9-14(10-8-12)21(3)18(27)25(20(28)24-21)11-16(26)22-19-23-17-13(2)5-4-6-15(17)29-19/h4-10H,11H2,1-3H3,(H,24,28)(H,22,23,26)/t21-/m1/s1. The lowest BCUT2D eigenvalue weighted by Gasteiger charge is -2.22. The highest BCUT2D eigenvalue weighted by Crippen LogP contribution is 2.30. The number of amides is 4. The van der Waals surface area contributed by atoms with Crippen LogP contribution in [0.2, 0.25) is 0 Å². The normalized spacial score (nSPS) is 18.9. The van der Waals surface area contributed by atoms with Crippen LogP contribution in [-0.4, -0.2) is 34.3 Å². The first-order valence-corrected chi connectivity index (χ1v) is 9.97. The Hall–Kier alpha value is -3.26. The largest absolute Gasteiger partial charge is 0.325 e. The molecule has 0 saturated carbocycles. The second-order valence-electron chi connectivity index (χ2n) is 7.30. The van der Waals surface area contributed by atoms with Crippen molar-refractivity contribution in [2.24, 2.45) is 0 Å². The van der Waals surface area contributed by atoms with Gasteiger partial charge >= 0.3 is 6.03 Å². The molecule has 0 bridgehead atoms. The van der Waals surface area contributed by atoms with Gasteiger partial charge in [-0.15, -0.1) is 0 Å². The maximum atomic E-state index is 12.9. The number of para-hydroxylation sites is 1. The number of fused-ring (bicyclic) bond motifs is 1. The van der Waals surface area contributed by atoms with Crippen LogP contribution in [0.3, 0.4) is 0 Å². The Labute approximate surface area is 171 Å². The molecule has 3 aromatic rings. The Bertz CT molecular complexity index is 1140. The van der Waals surface area contributed by atoms with Gasteiger partial charge in [-0.1, -0.05) is 53.3 Å². The SMILES string of the molecule is Cc1ccc([C@@]2(C)NC(=O)N(CC(=O)Nc3nc4c(C)cccc4s3)C2=O)cc1. The number of hydrogen-bond acceptors (Lipinski definition) is 5. The average Bonchev–Trinajstić information content (AvgIpc) is 3.17. The third-order valence-electron chi connectivity index (χ3n) is 5.07. The Morgan fingerprint density at radius 2 is 1.90 bits per heavy atom. The first-order chi connectivity index (χ1) is 13.8. The molecular formula is C21H20N4O3S. The van der Waals surface area contributed by atoms with Gasteiger partial charge in [0.1, 0.15) is 12.1 Å². The molecule has 0 unspecified atom stereocenters. The molecule has 1 aliphatic rings. The van der Waals surface area contributed by atoms with Gasteiger partial charge in [-0.3, -0.25) is 14.5 Å². The van der Waals surface area contributed by atoms with Crippen molar-refractivity contribution in [3.8, 4) is 0 Å². The highest BCUT2D eigenvalue weighted by atomic mass is 32.1. The number of carbonyl (C=O) groups excluding carboxylic acids is 3. The fraction of sp³-hybridized carbons (Fsp3) is 0.238. The van der Waals surface area contributed by atoms with Gasteiger partial charge in [0.05, 0.1) is 10.2 Å². The van der Waals surface area contributed by atoms with Gasteiger partial charge in [0.25, 0.3) is 5.91 Å². The summed E-state index contributed by atoms with van der Waals surface area (Å²) >= 11 is 1.35. The molecule has 1 fully saturated rings. The quantitative estimate of drug-likeness (QED) is 0.648. The maximum Gasteiger partial charge on any atom is 0.325 e. The number of urea groups is 1. The summed E-state index contributed by atoms with van der Waals surface area (Å²) in [5.74, 6) is -0.931. The van der Waals surface area contributed by atoms with Crippen molar-refractivity contribution < 1.29 is 14.4 Å². The fourth-order valence-electron chi connectivity index (χ4n) is 3.37. The van der Waals surface area contributed by atoms with Crippen LogP contribution in [0.25, 0.3) is 10.2 Å². The molecule has 0 radical (unpaired) electrons. The van der Waals surface area contributed by atoms with Crippen molar-refractivity contribution in [3.05, 3.63) is 59.2 Å². The molecule has 1 aliphatic heterocycles. The number of aryl methyl sites for hydroxylation is 2. The molecule has 2 heterocycles. The lowest BCUT2D eigenvalue weighted by molar-refractivity contribution is -0.133. The number of benzene rings is 2. The van der Waals surface area contributed by atoms with Crippen LogP contribution in [0.5, 0.6) is 0 Å². The summed E-state index contributed by atoms with van der Waals surface area (Å²) in [6.45, 7) is 5.17. The Morgan fingerprint density at radius 3 is 2.59 bits per heavy atom. The molecule has 0 aliphatic carbocycles. The summed E-state index contributed by atoms with van der Waals surface area (Å²) < 4.78 is 0.960. The molecule has 0 spiro atoms. The number of anilines is 1. The number of rotatable bonds is 4. The zero-order valence-corrected chi connectivity index (χ0v) is 17.1. The summed E-state index contributed by atoms with van der Waals surface area (Å²) in [6.07, 6.45) is 0. The van der Waals surface area contributed by atoms with Crippen molar-refractivity contribution in [2.45, 2.75) is 26.3 Å². The van der Waals surface area contributed by atoms with E-state index >= 15 is 0 Å². The van der Waals surface area contributed by atoms with Crippen molar-refractivity contribution >= 4 is 44.5 Å². The minimum Gasteiger partial charge on any atom is -0.319 e. The summed E-state index contributed by atoms with van der Waals surface area (Å²) in [4.78, 5) is 43.2. The molecule has 2 N–H and O–H groups in total. The van der Waals surface area contributed by atoms with Crippen LogP contribution in [0.15, 0.2) is 42.5 Å². The number of carbonyl (C=O) groups is 3. The summed E-state index contributed by atoms with van der Waals surface area (Å²) in [5, 5.41) is 5.84. The van der Waals surface area contributed by atoms with Crippen LogP contribution in [0.1, 0.15) is 23.6 Å². The molecule has 4 rings (SSSR count). The molecule has 29 heavy (non-hydrogen) atoms. The molecule has 1 aromatic heterocycles. The van der Waals surface area contributed by atoms with E-state index in [9.17, 15) is 14.4 Å². The number of imide groups is 1. The van der Waals surface area contributed by atoms with Crippen molar-refractivity contribution in [1.29, 1.82) is 0 Å². The topological polar surface area (TPSA) is 91.4 Å². The first kappa shape index (κ1) is 19.1. The molecular weight excluding hydrogens is 388 g/mol. The molecule has 148 valence electrons. The number of nitrogens with zero attached hydrogens (tertiary/aromatic N) is 2. The van der Waals surface area contributed by atoms with E-state index in [1.165, 1.54) is 11.3 Å². The van der Waals surface area contributed by atoms with Gasteiger partial charge in [-0.05, 0) is 38.0 Å². The second kappa shape index (κ2) is 6.97. The van der Waals surface area contributed by atoms with E-state index in [2.05, 4.69) is 15.6 Å². The summed E-state index contributed by atoms with van der Waals surface area (Å²) in [5.41, 5.74) is 2.37. The molecule has 1 saturated heterocycles. The van der Waals surface area contributed by atoms with Crippen molar-refractivity contribution in [3.63, 3.8) is 0 Å². The lowest BCUT2D eigenvalue weighted by Crippen LogP contribution is -2.42. The zero-order chi connectivity index (χ0) is 20.8. The van der Waals surface area contributed by atoms with E-state index in [0.717, 1.165) is 26.2 Å². The summed E-state index contributed by atoms with van der Waals surface area (Å²) in [6, 6.07) is 12.6. The van der Waals surface area contributed by atoms with Crippen molar-refractivity contribution in [1.82, 2.24) is 15.2 Å². The second-order valence-corrected chi connectivity index (χ2v) is 8.33. The highest BCUT2D eigenvalue weighted by Gasteiger charge is 2.49. The van der Waals surface area contributed by atoms with E-state index in [4.69, 9.17) is 0 Å². The van der Waals surface area contributed by atoms with Gasteiger partial charge in [0.2, 0.25) is 5.91 Å². The van der Waals surface area contributed by atoms with E-state index < -0.39 is 23.4 Å². The molecule has 7 nitrogen and oxygen atoms in total. The Balaban J connectivity index is 1.50. The fourth-order valence-corrected chi connectivity index (χ4v) is 4.33. The Kier molecular flexibility index (Phi) is 4.58. The van der Waals surface area contributed by atoms with Gasteiger partial charge in [-0.25, -0.2) is 9.78 Å². The molecule has 4 amide bonds. The van der Waals surface area contributed by atoms with E-state index in [1.54, 1.807) is 19.1 Å². The van der Waals surface area contributed by atoms with Gasteiger partial charge in [-0.2, -0.15) is 0 Å². The average molecular weight is 408 g/mol. The third kappa shape index (κ3) is 3.36. The minimum atomic E-state index is -1.20. The van der Waals surface area contributed by atoms with Gasteiger partial charge < -0.3 is 10.6 Å². The predicted molar refractivity (Wildman–Crippen MR) is 112 cm³/mol. The van der Waals surface area contributed by atoms with Gasteiger partial charge in [0.15, 0.2) is 5.13 Å². The predicted octanol–water partition coefficient (Wildman–Crippen LogP) is 3.32. The maximum absolute atomic E-state index is 12.9. The molecule has 1 atom stereocenters. The van der Waals surface area contributed by atoms with Crippen LogP contribution >= 0.6 is 11.3 Å². The van der Waals surface area contributed by atoms with Crippen LogP contribution in [0, 0.1) is 13.8 Å². The van der Waals surface area contributed by atoms with Gasteiger partial charge in [0, 0.05) is 0 Å². The number of nitrogens with one attached hydrogen (secondary N) is 2. The van der Waals surface area contributed by atoms with Crippen LogP contribution in [-0.2, 0) is 15.1 Å². The number of aromatic nitrogens is 1.